The molecule has 3 aliphatic heterocycles. The first-order chi connectivity index (χ1) is 11.6. The van der Waals surface area contributed by atoms with Gasteiger partial charge in [-0.2, -0.15) is 0 Å². The molecule has 5 nitrogen and oxygen atoms in total. The van der Waals surface area contributed by atoms with E-state index in [-0.39, 0.29) is 11.5 Å². The molecule has 3 saturated heterocycles. The van der Waals surface area contributed by atoms with Crippen LogP contribution in [-0.2, 0) is 0 Å². The molecule has 2 bridgehead atoms. The maximum atomic E-state index is 13.0. The van der Waals surface area contributed by atoms with Crippen LogP contribution in [0.4, 0.5) is 0 Å². The van der Waals surface area contributed by atoms with E-state index in [1.54, 1.807) is 0 Å². The maximum Gasteiger partial charge on any atom is 0.349 e. The van der Waals surface area contributed by atoms with Crippen molar-refractivity contribution < 1.29 is 9.21 Å². The van der Waals surface area contributed by atoms with Crippen LogP contribution >= 0.6 is 0 Å². The van der Waals surface area contributed by atoms with E-state index in [1.807, 2.05) is 17.9 Å². The molecule has 0 aromatic carbocycles. The predicted octanol–water partition coefficient (Wildman–Crippen LogP) is 2.04. The Morgan fingerprint density at radius 3 is 2.38 bits per heavy atom. The Bertz CT molecular complexity index is 733. The van der Waals surface area contributed by atoms with Gasteiger partial charge in [-0.3, -0.25) is 4.79 Å². The van der Waals surface area contributed by atoms with Gasteiger partial charge in [0.15, 0.2) is 0 Å². The number of hydrogen-bond donors (Lipinski definition) is 1. The van der Waals surface area contributed by atoms with Gasteiger partial charge in [0.25, 0.3) is 5.91 Å². The largest absolute Gasteiger partial charge is 0.427 e. The van der Waals surface area contributed by atoms with Crippen LogP contribution < -0.4 is 10.9 Å². The molecule has 1 amide bonds. The lowest BCUT2D eigenvalue weighted by Crippen LogP contribution is -2.37. The number of carbonyl (C=O) groups excluding carboxylic acids is 1. The minimum Gasteiger partial charge on any atom is -0.427 e. The van der Waals surface area contributed by atoms with Crippen molar-refractivity contribution in [3.63, 3.8) is 0 Å². The minimum atomic E-state index is -0.444. The standard InChI is InChI=1S/C19H24N2O3/c1-10-7-16(11-3-2-4-11)24-19(23)17(10)18(22)21-8-12-13(9-21)15-6-5-14(12)20-15/h7,11-15,20H,2-6,8-9H2,1H3/t12-,13+,14-,15+. The smallest absolute Gasteiger partial charge is 0.349 e. The third kappa shape index (κ3) is 2.03. The first-order valence-electron chi connectivity index (χ1n) is 9.32. The normalized spacial score (nSPS) is 34.5. The fraction of sp³-hybridized carbons (Fsp3) is 0.684. The average Bonchev–Trinajstić information content (AvgIpc) is 3.17. The zero-order chi connectivity index (χ0) is 16.4. The number of carbonyl (C=O) groups is 1. The van der Waals surface area contributed by atoms with Crippen LogP contribution in [-0.4, -0.2) is 36.0 Å². The van der Waals surface area contributed by atoms with Crippen LogP contribution in [0.25, 0.3) is 0 Å². The van der Waals surface area contributed by atoms with Gasteiger partial charge in [0.05, 0.1) is 0 Å². The number of aryl methyl sites for hydroxylation is 1. The van der Waals surface area contributed by atoms with Crippen molar-refractivity contribution >= 4 is 5.91 Å². The molecule has 4 atom stereocenters. The summed E-state index contributed by atoms with van der Waals surface area (Å²) in [5.41, 5.74) is 0.578. The van der Waals surface area contributed by atoms with Crippen LogP contribution in [0.3, 0.4) is 0 Å². The fourth-order valence-corrected chi connectivity index (χ4v) is 5.29. The topological polar surface area (TPSA) is 62.6 Å². The van der Waals surface area contributed by atoms with Gasteiger partial charge in [0.2, 0.25) is 0 Å². The van der Waals surface area contributed by atoms with Gasteiger partial charge < -0.3 is 14.6 Å². The van der Waals surface area contributed by atoms with Crippen molar-refractivity contribution in [3.8, 4) is 0 Å². The summed E-state index contributed by atoms with van der Waals surface area (Å²) in [6.45, 7) is 3.43. The predicted molar refractivity (Wildman–Crippen MR) is 89.1 cm³/mol. The van der Waals surface area contributed by atoms with Crippen LogP contribution in [0, 0.1) is 18.8 Å². The number of likely N-dealkylation sites (tertiary alicyclic amines) is 1. The van der Waals surface area contributed by atoms with Crippen molar-refractivity contribution in [1.29, 1.82) is 0 Å². The lowest BCUT2D eigenvalue weighted by molar-refractivity contribution is 0.0772. The number of nitrogens with zero attached hydrogens (tertiary/aromatic N) is 1. The molecule has 0 unspecified atom stereocenters. The summed E-state index contributed by atoms with van der Waals surface area (Å²) in [4.78, 5) is 27.3. The summed E-state index contributed by atoms with van der Waals surface area (Å²) in [6.07, 6.45) is 5.82. The lowest BCUT2D eigenvalue weighted by Gasteiger charge is -2.25. The maximum absolute atomic E-state index is 13.0. The Morgan fingerprint density at radius 1 is 1.17 bits per heavy atom. The number of amides is 1. The van der Waals surface area contributed by atoms with Gasteiger partial charge in [0.1, 0.15) is 11.3 Å². The Hall–Kier alpha value is -1.62. The second-order valence-corrected chi connectivity index (χ2v) is 8.12. The van der Waals surface area contributed by atoms with E-state index >= 15 is 0 Å². The highest BCUT2D eigenvalue weighted by molar-refractivity contribution is 5.95. The summed E-state index contributed by atoms with van der Waals surface area (Å²) >= 11 is 0. The molecule has 1 aromatic heterocycles. The van der Waals surface area contributed by atoms with Crippen molar-refractivity contribution in [1.82, 2.24) is 10.2 Å². The van der Waals surface area contributed by atoms with Gasteiger partial charge in [-0.25, -0.2) is 4.79 Å². The Labute approximate surface area is 141 Å². The van der Waals surface area contributed by atoms with Crippen LogP contribution in [0.5, 0.6) is 0 Å². The molecule has 4 aliphatic rings. The molecule has 4 fully saturated rings. The van der Waals surface area contributed by atoms with E-state index in [4.69, 9.17) is 4.42 Å². The van der Waals surface area contributed by atoms with Crippen molar-refractivity contribution in [2.45, 2.75) is 57.0 Å². The summed E-state index contributed by atoms with van der Waals surface area (Å²) in [6, 6.07) is 3.05. The second-order valence-electron chi connectivity index (χ2n) is 8.12. The van der Waals surface area contributed by atoms with Crippen molar-refractivity contribution in [3.05, 3.63) is 33.4 Å². The number of nitrogens with one attached hydrogen (secondary N) is 1. The average molecular weight is 328 g/mol. The summed E-state index contributed by atoms with van der Waals surface area (Å²) < 4.78 is 5.51. The van der Waals surface area contributed by atoms with Gasteiger partial charge >= 0.3 is 5.63 Å². The first kappa shape index (κ1) is 14.7. The highest BCUT2D eigenvalue weighted by Gasteiger charge is 2.52. The van der Waals surface area contributed by atoms with Gasteiger partial charge in [-0.05, 0) is 56.1 Å². The summed E-state index contributed by atoms with van der Waals surface area (Å²) in [7, 11) is 0. The van der Waals surface area contributed by atoms with Gasteiger partial charge in [0, 0.05) is 31.1 Å². The number of hydrogen-bond acceptors (Lipinski definition) is 4. The van der Waals surface area contributed by atoms with E-state index < -0.39 is 5.63 Å². The molecular weight excluding hydrogens is 304 g/mol. The molecule has 24 heavy (non-hydrogen) atoms. The molecule has 1 aliphatic carbocycles. The van der Waals surface area contributed by atoms with E-state index in [9.17, 15) is 9.59 Å². The van der Waals surface area contributed by atoms with Crippen LogP contribution in [0.15, 0.2) is 15.3 Å². The molecule has 0 radical (unpaired) electrons. The Balaban J connectivity index is 1.40. The quantitative estimate of drug-likeness (QED) is 0.902. The number of fused-ring (bicyclic) bond motifs is 5. The molecule has 4 heterocycles. The third-order valence-corrected chi connectivity index (χ3v) is 6.84. The van der Waals surface area contributed by atoms with Crippen LogP contribution in [0.1, 0.15) is 59.7 Å². The fourth-order valence-electron chi connectivity index (χ4n) is 5.29. The Kier molecular flexibility index (Phi) is 3.18. The highest BCUT2D eigenvalue weighted by Crippen LogP contribution is 2.43. The third-order valence-electron chi connectivity index (χ3n) is 6.84. The second kappa shape index (κ2) is 5.19. The number of rotatable bonds is 2. The van der Waals surface area contributed by atoms with Crippen molar-refractivity contribution in [2.24, 2.45) is 11.8 Å². The summed E-state index contributed by atoms with van der Waals surface area (Å²) in [5, 5.41) is 3.67. The Morgan fingerprint density at radius 2 is 1.83 bits per heavy atom. The van der Waals surface area contributed by atoms with E-state index in [0.29, 0.717) is 29.8 Å². The molecule has 0 spiro atoms. The molecular formula is C19H24N2O3. The monoisotopic (exact) mass is 328 g/mol. The van der Waals surface area contributed by atoms with Gasteiger partial charge in [-0.15, -0.1) is 0 Å². The van der Waals surface area contributed by atoms with E-state index in [1.165, 1.54) is 19.3 Å². The molecule has 1 aromatic rings. The van der Waals surface area contributed by atoms with Crippen molar-refractivity contribution in [2.75, 3.05) is 13.1 Å². The first-order valence-corrected chi connectivity index (χ1v) is 9.32. The van der Waals surface area contributed by atoms with E-state index in [0.717, 1.165) is 37.3 Å². The zero-order valence-electron chi connectivity index (χ0n) is 14.1. The van der Waals surface area contributed by atoms with Gasteiger partial charge in [-0.1, -0.05) is 6.42 Å². The SMILES string of the molecule is Cc1cc(C2CCC2)oc(=O)c1C(=O)N1C[C@@H]2[C@H](C1)[C@@H]1CC[C@H]2N1. The highest BCUT2D eigenvalue weighted by atomic mass is 16.4. The molecule has 128 valence electrons. The summed E-state index contributed by atoms with van der Waals surface area (Å²) in [5.74, 6) is 2.13. The minimum absolute atomic E-state index is 0.129. The molecule has 5 heteroatoms. The lowest BCUT2D eigenvalue weighted by atomic mass is 9.82. The zero-order valence-corrected chi connectivity index (χ0v) is 14.1. The molecule has 1 saturated carbocycles. The van der Waals surface area contributed by atoms with Crippen LogP contribution in [0.2, 0.25) is 0 Å². The molecule has 5 rings (SSSR count). The van der Waals surface area contributed by atoms with E-state index in [2.05, 4.69) is 5.32 Å². The molecule has 1 N–H and O–H groups in total.